The lowest BCUT2D eigenvalue weighted by Gasteiger charge is -2.12. The fourth-order valence-corrected chi connectivity index (χ4v) is 2.36. The van der Waals surface area contributed by atoms with E-state index in [1.54, 1.807) is 12.1 Å². The fraction of sp³-hybridized carbons (Fsp3) is 0.421. The van der Waals surface area contributed by atoms with Crippen LogP contribution in [0.25, 0.3) is 0 Å². The van der Waals surface area contributed by atoms with Crippen LogP contribution in [0.3, 0.4) is 0 Å². The van der Waals surface area contributed by atoms with Crippen LogP contribution in [0, 0.1) is 0 Å². The summed E-state index contributed by atoms with van der Waals surface area (Å²) in [6.45, 7) is 3.51. The lowest BCUT2D eigenvalue weighted by molar-refractivity contribution is -0.176. The van der Waals surface area contributed by atoms with Crippen molar-refractivity contribution in [2.75, 3.05) is 19.7 Å². The molecule has 0 fully saturated rings. The summed E-state index contributed by atoms with van der Waals surface area (Å²) in [7, 11) is 0. The van der Waals surface area contributed by atoms with Gasteiger partial charge in [0.05, 0.1) is 13.2 Å². The Morgan fingerprint density at radius 2 is 1.74 bits per heavy atom. The molecule has 1 aromatic heterocycles. The minimum atomic E-state index is -4.30. The molecule has 2 rings (SSSR count). The molecule has 0 aliphatic heterocycles. The predicted molar refractivity (Wildman–Crippen MR) is 99.4 cm³/mol. The Hall–Kier alpha value is -2.48. The molecule has 1 aromatic carbocycles. The molecule has 0 bridgehead atoms. The first-order chi connectivity index (χ1) is 13.0. The predicted octanol–water partition coefficient (Wildman–Crippen LogP) is 3.32. The zero-order valence-corrected chi connectivity index (χ0v) is 15.3. The van der Waals surface area contributed by atoms with E-state index < -0.39 is 12.8 Å². The Labute approximate surface area is 157 Å². The highest BCUT2D eigenvalue weighted by atomic mass is 19.4. The molecule has 0 saturated heterocycles. The van der Waals surface area contributed by atoms with E-state index in [4.69, 9.17) is 0 Å². The summed E-state index contributed by atoms with van der Waals surface area (Å²) in [5.41, 5.74) is 1.67. The highest BCUT2D eigenvalue weighted by Crippen LogP contribution is 2.16. The van der Waals surface area contributed by atoms with Crippen LogP contribution in [0.5, 0.6) is 0 Å². The van der Waals surface area contributed by atoms with E-state index in [1.165, 1.54) is 0 Å². The number of hydrogen-bond donors (Lipinski definition) is 2. The third-order valence-electron chi connectivity index (χ3n) is 3.65. The monoisotopic (exact) mass is 382 g/mol. The zero-order valence-electron chi connectivity index (χ0n) is 15.3. The lowest BCUT2D eigenvalue weighted by atomic mass is 10.1. The Balaban J connectivity index is 1.79. The lowest BCUT2D eigenvalue weighted by Crippen LogP contribution is -2.38. The molecule has 0 aliphatic carbocycles. The van der Waals surface area contributed by atoms with E-state index in [1.807, 2.05) is 43.6 Å². The maximum absolute atomic E-state index is 12.1. The smallest absolute Gasteiger partial charge is 0.367 e. The standard InChI is InChI=1S/C19H25F3N4O/c1-2-23-18(24-9-12-26-10-3-4-11-26)25-13-16-5-7-17(8-6-16)14-27-15-19(20,21)22/h3-8,10-11H,2,9,12-15H2,1H3,(H2,23,24,25). The second-order valence-electron chi connectivity index (χ2n) is 5.97. The Kier molecular flexibility index (Phi) is 8.19. The van der Waals surface area contributed by atoms with Crippen molar-refractivity contribution in [3.8, 4) is 0 Å². The van der Waals surface area contributed by atoms with Gasteiger partial charge in [-0.05, 0) is 30.2 Å². The number of guanidine groups is 1. The van der Waals surface area contributed by atoms with Gasteiger partial charge >= 0.3 is 6.18 Å². The molecule has 0 spiro atoms. The summed E-state index contributed by atoms with van der Waals surface area (Å²) in [6.07, 6.45) is -0.289. The van der Waals surface area contributed by atoms with Crippen LogP contribution >= 0.6 is 0 Å². The average molecular weight is 382 g/mol. The first-order valence-electron chi connectivity index (χ1n) is 8.81. The van der Waals surface area contributed by atoms with Gasteiger partial charge in [0.25, 0.3) is 0 Å². The maximum Gasteiger partial charge on any atom is 0.411 e. The minimum absolute atomic E-state index is 0.0629. The van der Waals surface area contributed by atoms with Gasteiger partial charge in [0.1, 0.15) is 6.61 Å². The third kappa shape index (κ3) is 8.63. The van der Waals surface area contributed by atoms with Crippen molar-refractivity contribution in [3.63, 3.8) is 0 Å². The molecule has 27 heavy (non-hydrogen) atoms. The number of nitrogens with one attached hydrogen (secondary N) is 2. The van der Waals surface area contributed by atoms with Crippen molar-refractivity contribution in [1.29, 1.82) is 0 Å². The number of alkyl halides is 3. The largest absolute Gasteiger partial charge is 0.411 e. The van der Waals surface area contributed by atoms with Crippen molar-refractivity contribution in [3.05, 3.63) is 59.9 Å². The van der Waals surface area contributed by atoms with Crippen LogP contribution in [0.15, 0.2) is 53.8 Å². The van der Waals surface area contributed by atoms with Gasteiger partial charge in [-0.15, -0.1) is 0 Å². The van der Waals surface area contributed by atoms with Crippen molar-refractivity contribution in [1.82, 2.24) is 15.2 Å². The van der Waals surface area contributed by atoms with E-state index >= 15 is 0 Å². The van der Waals surface area contributed by atoms with Gasteiger partial charge in [0.15, 0.2) is 5.96 Å². The van der Waals surface area contributed by atoms with Gasteiger partial charge < -0.3 is 19.9 Å². The molecule has 5 nitrogen and oxygen atoms in total. The van der Waals surface area contributed by atoms with Gasteiger partial charge in [-0.2, -0.15) is 13.2 Å². The number of aliphatic imine (C=N–C) groups is 1. The highest BCUT2D eigenvalue weighted by molar-refractivity contribution is 5.79. The third-order valence-corrected chi connectivity index (χ3v) is 3.65. The topological polar surface area (TPSA) is 50.6 Å². The van der Waals surface area contributed by atoms with Crippen molar-refractivity contribution in [2.45, 2.75) is 32.8 Å². The summed E-state index contributed by atoms with van der Waals surface area (Å²) < 4.78 is 43.0. The molecular weight excluding hydrogens is 357 g/mol. The number of halogens is 3. The minimum Gasteiger partial charge on any atom is -0.367 e. The SMILES string of the molecule is CCNC(=NCc1ccc(COCC(F)(F)F)cc1)NCCn1cccc1. The maximum atomic E-state index is 12.1. The second kappa shape index (κ2) is 10.6. The summed E-state index contributed by atoms with van der Waals surface area (Å²) in [4.78, 5) is 4.53. The normalized spacial score (nSPS) is 12.2. The summed E-state index contributed by atoms with van der Waals surface area (Å²) in [5, 5.41) is 6.46. The number of ether oxygens (including phenoxy) is 1. The Bertz CT molecular complexity index is 682. The van der Waals surface area contributed by atoms with Gasteiger partial charge in [-0.1, -0.05) is 24.3 Å². The van der Waals surface area contributed by atoms with Crippen LogP contribution in [0.2, 0.25) is 0 Å². The summed E-state index contributed by atoms with van der Waals surface area (Å²) in [5.74, 6) is 0.724. The van der Waals surface area contributed by atoms with Gasteiger partial charge in [0, 0.05) is 32.0 Å². The van der Waals surface area contributed by atoms with Crippen molar-refractivity contribution < 1.29 is 17.9 Å². The van der Waals surface area contributed by atoms with Gasteiger partial charge in [-0.3, -0.25) is 0 Å². The average Bonchev–Trinajstić information content (AvgIpc) is 3.13. The molecule has 148 valence electrons. The van der Waals surface area contributed by atoms with E-state index in [9.17, 15) is 13.2 Å². The molecular formula is C19H25F3N4O. The van der Waals surface area contributed by atoms with E-state index in [0.717, 1.165) is 31.2 Å². The molecule has 0 atom stereocenters. The molecule has 8 heteroatoms. The molecule has 0 radical (unpaired) electrons. The van der Waals surface area contributed by atoms with Crippen LogP contribution in [-0.2, 0) is 24.4 Å². The quantitative estimate of drug-likeness (QED) is 0.517. The number of rotatable bonds is 9. The first-order valence-corrected chi connectivity index (χ1v) is 8.81. The highest BCUT2D eigenvalue weighted by Gasteiger charge is 2.27. The molecule has 2 aromatic rings. The Morgan fingerprint density at radius 1 is 1.07 bits per heavy atom. The number of nitrogens with zero attached hydrogens (tertiary/aromatic N) is 2. The van der Waals surface area contributed by atoms with Crippen LogP contribution in [0.4, 0.5) is 13.2 Å². The summed E-state index contributed by atoms with van der Waals surface area (Å²) >= 11 is 0. The fourth-order valence-electron chi connectivity index (χ4n) is 2.36. The molecule has 0 amide bonds. The molecule has 0 saturated carbocycles. The molecule has 2 N–H and O–H groups in total. The van der Waals surface area contributed by atoms with Crippen LogP contribution < -0.4 is 10.6 Å². The second-order valence-corrected chi connectivity index (χ2v) is 5.97. The molecule has 0 unspecified atom stereocenters. The Morgan fingerprint density at radius 3 is 2.37 bits per heavy atom. The van der Waals surface area contributed by atoms with Gasteiger partial charge in [0.2, 0.25) is 0 Å². The van der Waals surface area contributed by atoms with Crippen molar-refractivity contribution in [2.24, 2.45) is 4.99 Å². The molecule has 0 aliphatic rings. The van der Waals surface area contributed by atoms with E-state index in [0.29, 0.717) is 12.1 Å². The van der Waals surface area contributed by atoms with E-state index in [-0.39, 0.29) is 6.61 Å². The molecule has 1 heterocycles. The van der Waals surface area contributed by atoms with E-state index in [2.05, 4.69) is 24.9 Å². The van der Waals surface area contributed by atoms with Crippen LogP contribution in [-0.4, -0.2) is 36.4 Å². The number of hydrogen-bond acceptors (Lipinski definition) is 2. The van der Waals surface area contributed by atoms with Gasteiger partial charge in [-0.25, -0.2) is 4.99 Å². The first kappa shape index (κ1) is 20.8. The zero-order chi connectivity index (χ0) is 19.5. The van der Waals surface area contributed by atoms with Crippen molar-refractivity contribution >= 4 is 5.96 Å². The number of benzene rings is 1. The van der Waals surface area contributed by atoms with Crippen LogP contribution in [0.1, 0.15) is 18.1 Å². The summed E-state index contributed by atoms with van der Waals surface area (Å²) in [6, 6.07) is 11.2. The number of aromatic nitrogens is 1.